The minimum Gasteiger partial charge on any atom is -0.480 e. The number of halogens is 1. The lowest BCUT2D eigenvalue weighted by atomic mass is 10.1. The Balaban J connectivity index is 1.78. The Bertz CT molecular complexity index is 943. The molecule has 5 nitrogen and oxygen atoms in total. The number of amides is 1. The Morgan fingerprint density at radius 2 is 1.92 bits per heavy atom. The van der Waals surface area contributed by atoms with E-state index in [1.54, 1.807) is 6.07 Å². The summed E-state index contributed by atoms with van der Waals surface area (Å²) in [5, 5.41) is 12.8. The van der Waals surface area contributed by atoms with Crippen LogP contribution in [0.4, 0.5) is 0 Å². The van der Waals surface area contributed by atoms with Gasteiger partial charge in [0.05, 0.1) is 11.1 Å². The Kier molecular flexibility index (Phi) is 5.09. The van der Waals surface area contributed by atoms with Gasteiger partial charge in [0.25, 0.3) is 5.91 Å². The Morgan fingerprint density at radius 3 is 2.68 bits per heavy atom. The van der Waals surface area contributed by atoms with E-state index >= 15 is 0 Å². The highest BCUT2D eigenvalue weighted by molar-refractivity contribution is 9.10. The molecule has 0 spiro atoms. The predicted molar refractivity (Wildman–Crippen MR) is 98.5 cm³/mol. The van der Waals surface area contributed by atoms with Gasteiger partial charge in [0, 0.05) is 22.5 Å². The van der Waals surface area contributed by atoms with Gasteiger partial charge in [0.1, 0.15) is 6.04 Å². The second kappa shape index (κ2) is 7.44. The molecule has 0 saturated heterocycles. The third-order valence-electron chi connectivity index (χ3n) is 3.78. The van der Waals surface area contributed by atoms with Crippen LogP contribution in [0, 0.1) is 0 Å². The number of hydrogen-bond donors (Lipinski definition) is 2. The van der Waals surface area contributed by atoms with Gasteiger partial charge in [-0.05, 0) is 29.8 Å². The van der Waals surface area contributed by atoms with E-state index in [1.807, 2.05) is 48.5 Å². The van der Waals surface area contributed by atoms with Crippen LogP contribution in [0.5, 0.6) is 0 Å². The van der Waals surface area contributed by atoms with E-state index in [1.165, 1.54) is 6.20 Å². The fourth-order valence-corrected chi connectivity index (χ4v) is 2.98. The third-order valence-corrected chi connectivity index (χ3v) is 4.28. The summed E-state index contributed by atoms with van der Waals surface area (Å²) in [6.45, 7) is 0. The molecule has 0 aliphatic carbocycles. The van der Waals surface area contributed by atoms with E-state index in [0.29, 0.717) is 5.56 Å². The summed E-state index contributed by atoms with van der Waals surface area (Å²) in [5.74, 6) is -1.54. The van der Waals surface area contributed by atoms with E-state index in [-0.39, 0.29) is 6.42 Å². The second-order valence-electron chi connectivity index (χ2n) is 5.62. The van der Waals surface area contributed by atoms with Gasteiger partial charge in [0.2, 0.25) is 0 Å². The van der Waals surface area contributed by atoms with Crippen molar-refractivity contribution in [2.75, 3.05) is 0 Å². The summed E-state index contributed by atoms with van der Waals surface area (Å²) in [5.41, 5.74) is 1.93. The molecule has 0 saturated carbocycles. The summed E-state index contributed by atoms with van der Waals surface area (Å²) in [6, 6.07) is 15.5. The van der Waals surface area contributed by atoms with E-state index in [4.69, 9.17) is 0 Å². The Morgan fingerprint density at radius 1 is 1.12 bits per heavy atom. The van der Waals surface area contributed by atoms with E-state index in [0.717, 1.165) is 20.9 Å². The molecule has 1 amide bonds. The van der Waals surface area contributed by atoms with Crippen molar-refractivity contribution in [2.24, 2.45) is 0 Å². The average Bonchev–Trinajstić information content (AvgIpc) is 2.60. The van der Waals surface area contributed by atoms with Gasteiger partial charge in [0.15, 0.2) is 0 Å². The highest BCUT2D eigenvalue weighted by atomic mass is 79.9. The van der Waals surface area contributed by atoms with Gasteiger partial charge in [-0.1, -0.05) is 46.3 Å². The number of rotatable bonds is 5. The molecule has 0 aliphatic rings. The van der Waals surface area contributed by atoms with Gasteiger partial charge < -0.3 is 10.4 Å². The van der Waals surface area contributed by atoms with Crippen LogP contribution in [0.25, 0.3) is 10.9 Å². The lowest BCUT2D eigenvalue weighted by molar-refractivity contribution is -0.139. The van der Waals surface area contributed by atoms with Crippen LogP contribution in [0.2, 0.25) is 0 Å². The van der Waals surface area contributed by atoms with Crippen LogP contribution in [0.1, 0.15) is 15.9 Å². The molecule has 2 N–H and O–H groups in total. The minimum absolute atomic E-state index is 0.196. The predicted octanol–water partition coefficient (Wildman–Crippen LogP) is 3.42. The van der Waals surface area contributed by atoms with Gasteiger partial charge in [-0.3, -0.25) is 9.78 Å². The standard InChI is InChI=1S/C19H15BrN2O3/c20-15-6-3-4-12(8-15)9-17(19(24)25)22-18(23)14-10-13-5-1-2-7-16(13)21-11-14/h1-8,10-11,17H,9H2,(H,22,23)(H,24,25)/t17-/m0/s1. The maximum Gasteiger partial charge on any atom is 0.326 e. The first-order valence-corrected chi connectivity index (χ1v) is 8.45. The zero-order chi connectivity index (χ0) is 17.8. The number of nitrogens with zero attached hydrogens (tertiary/aromatic N) is 1. The van der Waals surface area contributed by atoms with Gasteiger partial charge in [-0.15, -0.1) is 0 Å². The maximum atomic E-state index is 12.4. The molecular formula is C19H15BrN2O3. The van der Waals surface area contributed by atoms with E-state index in [2.05, 4.69) is 26.2 Å². The fourth-order valence-electron chi connectivity index (χ4n) is 2.54. The monoisotopic (exact) mass is 398 g/mol. The number of nitrogens with one attached hydrogen (secondary N) is 1. The Hall–Kier alpha value is -2.73. The van der Waals surface area contributed by atoms with Crippen molar-refractivity contribution in [1.82, 2.24) is 10.3 Å². The SMILES string of the molecule is O=C(N[C@@H](Cc1cccc(Br)c1)C(=O)O)c1cnc2ccccc2c1. The van der Waals surface area contributed by atoms with E-state index in [9.17, 15) is 14.7 Å². The van der Waals surface area contributed by atoms with Crippen molar-refractivity contribution in [3.63, 3.8) is 0 Å². The van der Waals surface area contributed by atoms with Crippen molar-refractivity contribution < 1.29 is 14.7 Å². The molecule has 25 heavy (non-hydrogen) atoms. The summed E-state index contributed by atoms with van der Waals surface area (Å²) >= 11 is 3.36. The molecule has 1 atom stereocenters. The summed E-state index contributed by atoms with van der Waals surface area (Å²) < 4.78 is 0.860. The van der Waals surface area contributed by atoms with Gasteiger partial charge in [-0.25, -0.2) is 4.79 Å². The molecule has 0 bridgehead atoms. The molecule has 2 aromatic carbocycles. The maximum absolute atomic E-state index is 12.4. The Labute approximate surface area is 152 Å². The first-order valence-electron chi connectivity index (χ1n) is 7.66. The molecular weight excluding hydrogens is 384 g/mol. The molecule has 0 aliphatic heterocycles. The molecule has 1 heterocycles. The first-order chi connectivity index (χ1) is 12.0. The summed E-state index contributed by atoms with van der Waals surface area (Å²) in [7, 11) is 0. The molecule has 6 heteroatoms. The number of fused-ring (bicyclic) bond motifs is 1. The van der Waals surface area contributed by atoms with Crippen LogP contribution in [0.3, 0.4) is 0 Å². The van der Waals surface area contributed by atoms with E-state index < -0.39 is 17.9 Å². The quantitative estimate of drug-likeness (QED) is 0.689. The highest BCUT2D eigenvalue weighted by Crippen LogP contribution is 2.15. The van der Waals surface area contributed by atoms with Crippen molar-refractivity contribution >= 4 is 38.7 Å². The average molecular weight is 399 g/mol. The second-order valence-corrected chi connectivity index (χ2v) is 6.53. The van der Waals surface area contributed by atoms with Crippen LogP contribution >= 0.6 is 15.9 Å². The zero-order valence-corrected chi connectivity index (χ0v) is 14.7. The van der Waals surface area contributed by atoms with Crippen molar-refractivity contribution in [1.29, 1.82) is 0 Å². The zero-order valence-electron chi connectivity index (χ0n) is 13.1. The largest absolute Gasteiger partial charge is 0.480 e. The fraction of sp³-hybridized carbons (Fsp3) is 0.105. The number of aromatic nitrogens is 1. The highest BCUT2D eigenvalue weighted by Gasteiger charge is 2.21. The molecule has 3 rings (SSSR count). The van der Waals surface area contributed by atoms with Crippen LogP contribution in [-0.4, -0.2) is 28.0 Å². The molecule has 3 aromatic rings. The number of carboxylic acid groups (broad SMARTS) is 1. The van der Waals surface area contributed by atoms with Crippen LogP contribution in [0.15, 0.2) is 65.3 Å². The van der Waals surface area contributed by atoms with Crippen molar-refractivity contribution in [3.8, 4) is 0 Å². The van der Waals surface area contributed by atoms with Gasteiger partial charge >= 0.3 is 5.97 Å². The van der Waals surface area contributed by atoms with Crippen molar-refractivity contribution in [3.05, 3.63) is 76.4 Å². The van der Waals surface area contributed by atoms with Crippen molar-refractivity contribution in [2.45, 2.75) is 12.5 Å². The molecule has 0 radical (unpaired) electrons. The lowest BCUT2D eigenvalue weighted by Crippen LogP contribution is -2.42. The molecule has 1 aromatic heterocycles. The normalized spacial score (nSPS) is 11.9. The van der Waals surface area contributed by atoms with Crippen LogP contribution < -0.4 is 5.32 Å². The summed E-state index contributed by atoms with van der Waals surface area (Å²) in [4.78, 5) is 28.2. The smallest absolute Gasteiger partial charge is 0.326 e. The number of carbonyl (C=O) groups is 2. The number of benzene rings is 2. The topological polar surface area (TPSA) is 79.3 Å². The van der Waals surface area contributed by atoms with Crippen LogP contribution in [-0.2, 0) is 11.2 Å². The molecule has 126 valence electrons. The minimum atomic E-state index is -1.08. The number of para-hydroxylation sites is 1. The number of pyridine rings is 1. The molecule has 0 fully saturated rings. The summed E-state index contributed by atoms with van der Waals surface area (Å²) in [6.07, 6.45) is 1.65. The number of carbonyl (C=O) groups excluding carboxylic acids is 1. The third kappa shape index (κ3) is 4.22. The molecule has 0 unspecified atom stereocenters. The number of hydrogen-bond acceptors (Lipinski definition) is 3. The number of aliphatic carboxylic acids is 1. The first kappa shape index (κ1) is 17.1. The van der Waals surface area contributed by atoms with Gasteiger partial charge in [-0.2, -0.15) is 0 Å². The lowest BCUT2D eigenvalue weighted by Gasteiger charge is -2.15. The number of carboxylic acids is 1.